The van der Waals surface area contributed by atoms with Gasteiger partial charge in [0.15, 0.2) is 0 Å². The molecule has 2 aliphatic rings. The molecule has 0 bridgehead atoms. The molecule has 11 heavy (non-hydrogen) atoms. The molecule has 0 aliphatic carbocycles. The van der Waals surface area contributed by atoms with Crippen molar-refractivity contribution in [2.45, 2.75) is 13.3 Å². The summed E-state index contributed by atoms with van der Waals surface area (Å²) in [6.45, 7) is 6.88. The fourth-order valence-corrected chi connectivity index (χ4v) is 0.655. The number of nitrogens with zero attached hydrogens (tertiary/aromatic N) is 2. The van der Waals surface area contributed by atoms with Crippen molar-refractivity contribution in [1.29, 1.82) is 0 Å². The first-order valence-corrected chi connectivity index (χ1v) is 3.95. The zero-order valence-corrected chi connectivity index (χ0v) is 6.79. The van der Waals surface area contributed by atoms with E-state index in [-0.39, 0.29) is 6.42 Å². The second-order valence-corrected chi connectivity index (χ2v) is 2.65. The Labute approximate surface area is 66.4 Å². The van der Waals surface area contributed by atoms with Crippen LogP contribution in [0.15, 0.2) is 0 Å². The van der Waals surface area contributed by atoms with E-state index in [1.165, 1.54) is 26.2 Å². The molecule has 2 aliphatic heterocycles. The molecular formula is C7H14N2O2. The number of aliphatic carboxylic acids is 1. The molecular weight excluding hydrogens is 144 g/mol. The van der Waals surface area contributed by atoms with Crippen LogP contribution < -0.4 is 0 Å². The van der Waals surface area contributed by atoms with Crippen molar-refractivity contribution in [1.82, 2.24) is 10.0 Å². The molecule has 0 aromatic heterocycles. The van der Waals surface area contributed by atoms with Gasteiger partial charge in [0, 0.05) is 32.6 Å². The van der Waals surface area contributed by atoms with Crippen LogP contribution in [0.5, 0.6) is 0 Å². The number of rotatable bonds is 2. The van der Waals surface area contributed by atoms with Gasteiger partial charge < -0.3 is 5.11 Å². The molecule has 0 aromatic carbocycles. The van der Waals surface area contributed by atoms with Crippen LogP contribution in [-0.4, -0.2) is 47.3 Å². The summed E-state index contributed by atoms with van der Waals surface area (Å²) < 4.78 is 0. The Hall–Kier alpha value is -0.610. The minimum absolute atomic E-state index is 0.222. The second kappa shape index (κ2) is 3.69. The van der Waals surface area contributed by atoms with Gasteiger partial charge in [0.05, 0.1) is 0 Å². The van der Waals surface area contributed by atoms with Gasteiger partial charge >= 0.3 is 5.97 Å². The quantitative estimate of drug-likeness (QED) is 0.575. The molecule has 0 saturated carbocycles. The van der Waals surface area contributed by atoms with Crippen LogP contribution in [0.2, 0.25) is 0 Å². The first-order valence-electron chi connectivity index (χ1n) is 3.95. The average molecular weight is 158 g/mol. The van der Waals surface area contributed by atoms with E-state index in [1.807, 2.05) is 0 Å². The minimum atomic E-state index is -0.745. The predicted octanol–water partition coefficient (Wildman–Crippen LogP) is 0.0136. The van der Waals surface area contributed by atoms with Gasteiger partial charge in [-0.15, -0.1) is 0 Å². The van der Waals surface area contributed by atoms with E-state index in [4.69, 9.17) is 5.11 Å². The van der Waals surface area contributed by atoms with E-state index in [9.17, 15) is 4.79 Å². The minimum Gasteiger partial charge on any atom is -0.481 e. The summed E-state index contributed by atoms with van der Waals surface area (Å²) >= 11 is 0. The van der Waals surface area contributed by atoms with Crippen molar-refractivity contribution in [3.8, 4) is 0 Å². The number of carboxylic acid groups (broad SMARTS) is 1. The Bertz CT molecular complexity index is 131. The highest BCUT2D eigenvalue weighted by molar-refractivity contribution is 5.66. The van der Waals surface area contributed by atoms with E-state index in [0.717, 1.165) is 0 Å². The van der Waals surface area contributed by atoms with Crippen LogP contribution >= 0.6 is 0 Å². The van der Waals surface area contributed by atoms with E-state index in [1.54, 1.807) is 6.92 Å². The number of hydrogen-bond acceptors (Lipinski definition) is 3. The zero-order valence-electron chi connectivity index (χ0n) is 6.79. The van der Waals surface area contributed by atoms with Crippen molar-refractivity contribution in [2.75, 3.05) is 26.2 Å². The Morgan fingerprint density at radius 1 is 1.27 bits per heavy atom. The monoisotopic (exact) mass is 158 g/mol. The molecule has 0 unspecified atom stereocenters. The summed E-state index contributed by atoms with van der Waals surface area (Å²) in [5.41, 5.74) is 0. The van der Waals surface area contributed by atoms with E-state index in [0.29, 0.717) is 0 Å². The molecule has 0 radical (unpaired) electrons. The molecule has 2 heterocycles. The molecule has 0 amide bonds. The first kappa shape index (κ1) is 8.49. The fourth-order valence-electron chi connectivity index (χ4n) is 0.655. The van der Waals surface area contributed by atoms with Crippen molar-refractivity contribution < 1.29 is 9.90 Å². The molecule has 4 nitrogen and oxygen atoms in total. The van der Waals surface area contributed by atoms with Gasteiger partial charge in [-0.25, -0.2) is 10.0 Å². The normalized spacial score (nSPS) is 21.9. The average Bonchev–Trinajstić information content (AvgIpc) is 2.79. The third-order valence-corrected chi connectivity index (χ3v) is 1.55. The van der Waals surface area contributed by atoms with Gasteiger partial charge in [0.25, 0.3) is 0 Å². The van der Waals surface area contributed by atoms with Gasteiger partial charge in [-0.1, -0.05) is 6.92 Å². The van der Waals surface area contributed by atoms with Crippen molar-refractivity contribution in [3.63, 3.8) is 0 Å². The fraction of sp³-hybridized carbons (Fsp3) is 0.857. The van der Waals surface area contributed by atoms with Crippen molar-refractivity contribution in [2.24, 2.45) is 0 Å². The number of hydrazine groups is 1. The Kier molecular flexibility index (Phi) is 2.84. The molecule has 0 spiro atoms. The maximum atomic E-state index is 9.37. The lowest BCUT2D eigenvalue weighted by molar-refractivity contribution is -0.136. The third kappa shape index (κ3) is 3.95. The molecule has 0 atom stereocenters. The van der Waals surface area contributed by atoms with Gasteiger partial charge in [0.2, 0.25) is 0 Å². The molecule has 4 heteroatoms. The van der Waals surface area contributed by atoms with Crippen molar-refractivity contribution >= 4 is 5.97 Å². The maximum Gasteiger partial charge on any atom is 0.303 e. The van der Waals surface area contributed by atoms with Gasteiger partial charge in [-0.2, -0.15) is 0 Å². The van der Waals surface area contributed by atoms with Gasteiger partial charge in [-0.05, 0) is 0 Å². The van der Waals surface area contributed by atoms with E-state index >= 15 is 0 Å². The lowest BCUT2D eigenvalue weighted by Gasteiger charge is -1.92. The Morgan fingerprint density at radius 2 is 1.55 bits per heavy atom. The predicted molar refractivity (Wildman–Crippen MR) is 41.1 cm³/mol. The van der Waals surface area contributed by atoms with Crippen LogP contribution in [0, 0.1) is 0 Å². The Balaban J connectivity index is 0.000000114. The molecule has 2 fully saturated rings. The molecule has 1 N–H and O–H groups in total. The maximum absolute atomic E-state index is 9.37. The van der Waals surface area contributed by atoms with Crippen LogP contribution in [0.25, 0.3) is 0 Å². The van der Waals surface area contributed by atoms with Crippen LogP contribution in [0.4, 0.5) is 0 Å². The number of carbonyl (C=O) groups is 1. The first-order chi connectivity index (χ1) is 5.24. The number of hydrogen-bond donors (Lipinski definition) is 1. The molecule has 2 saturated heterocycles. The standard InChI is InChI=1S/C4H8N2.C3H6O2/c1-2-5(1)6-3-4-6;1-2-3(4)5/h1-4H2;2H2,1H3,(H,4,5). The van der Waals surface area contributed by atoms with Crippen molar-refractivity contribution in [3.05, 3.63) is 0 Å². The van der Waals surface area contributed by atoms with Gasteiger partial charge in [-0.3, -0.25) is 4.79 Å². The largest absolute Gasteiger partial charge is 0.481 e. The Morgan fingerprint density at radius 3 is 1.64 bits per heavy atom. The second-order valence-electron chi connectivity index (χ2n) is 2.65. The lowest BCUT2D eigenvalue weighted by atomic mass is 10.5. The SMILES string of the molecule is C1CN1N1CC1.CCC(=O)O. The third-order valence-electron chi connectivity index (χ3n) is 1.55. The van der Waals surface area contributed by atoms with Crippen LogP contribution in [0.1, 0.15) is 13.3 Å². The highest BCUT2D eigenvalue weighted by Crippen LogP contribution is 2.16. The molecule has 2 rings (SSSR count). The molecule has 64 valence electrons. The van der Waals surface area contributed by atoms with Gasteiger partial charge in [0.1, 0.15) is 0 Å². The van der Waals surface area contributed by atoms with Crippen LogP contribution in [-0.2, 0) is 4.79 Å². The van der Waals surface area contributed by atoms with E-state index < -0.39 is 5.97 Å². The highest BCUT2D eigenvalue weighted by Gasteiger charge is 2.32. The zero-order chi connectivity index (χ0) is 8.27. The lowest BCUT2D eigenvalue weighted by Crippen LogP contribution is -2.03. The summed E-state index contributed by atoms with van der Waals surface area (Å²) in [5, 5.41) is 12.4. The smallest absolute Gasteiger partial charge is 0.303 e. The summed E-state index contributed by atoms with van der Waals surface area (Å²) in [6, 6.07) is 0. The highest BCUT2D eigenvalue weighted by atomic mass is 16.4. The number of carboxylic acids is 1. The summed E-state index contributed by atoms with van der Waals surface area (Å²) in [6.07, 6.45) is 0.222. The topological polar surface area (TPSA) is 43.3 Å². The van der Waals surface area contributed by atoms with E-state index in [2.05, 4.69) is 10.0 Å². The van der Waals surface area contributed by atoms with Crippen LogP contribution in [0.3, 0.4) is 0 Å². The summed E-state index contributed by atoms with van der Waals surface area (Å²) in [4.78, 5) is 9.37. The summed E-state index contributed by atoms with van der Waals surface area (Å²) in [5.74, 6) is -0.745. The summed E-state index contributed by atoms with van der Waals surface area (Å²) in [7, 11) is 0. The molecule has 0 aromatic rings.